The van der Waals surface area contributed by atoms with Crippen molar-refractivity contribution in [1.82, 2.24) is 4.90 Å². The van der Waals surface area contributed by atoms with Crippen molar-refractivity contribution in [2.45, 2.75) is 13.0 Å². The second kappa shape index (κ2) is 5.38. The average molecular weight is 220 g/mol. The maximum atomic E-state index is 9.76. The van der Waals surface area contributed by atoms with E-state index in [1.807, 2.05) is 25.1 Å². The molecule has 4 heteroatoms. The van der Waals surface area contributed by atoms with Gasteiger partial charge in [0.15, 0.2) is 11.5 Å². The molecule has 4 nitrogen and oxygen atoms in total. The van der Waals surface area contributed by atoms with Gasteiger partial charge in [0.1, 0.15) is 0 Å². The summed E-state index contributed by atoms with van der Waals surface area (Å²) in [6.07, 6.45) is 0.290. The van der Waals surface area contributed by atoms with Crippen molar-refractivity contribution in [3.8, 4) is 17.6 Å². The number of phenols is 1. The lowest BCUT2D eigenvalue weighted by Gasteiger charge is -2.15. The Balaban J connectivity index is 3.15. The number of phenolic OH excluding ortho intramolecular Hbond substituents is 1. The maximum absolute atomic E-state index is 9.76. The van der Waals surface area contributed by atoms with Gasteiger partial charge in [0.05, 0.1) is 19.6 Å². The third kappa shape index (κ3) is 2.88. The van der Waals surface area contributed by atoms with E-state index in [1.54, 1.807) is 6.07 Å². The summed E-state index contributed by atoms with van der Waals surface area (Å²) in [6, 6.07) is 5.52. The van der Waals surface area contributed by atoms with Crippen LogP contribution in [0.25, 0.3) is 0 Å². The summed E-state index contributed by atoms with van der Waals surface area (Å²) in [5.41, 5.74) is 1.69. The standard InChI is InChI=1S/C12H16N2O2/c1-14(2)8-10-6-9(4-5-13)7-11(15)12(10)16-3/h6-7,15H,4,8H2,1-3H3. The quantitative estimate of drug-likeness (QED) is 0.836. The predicted molar refractivity (Wildman–Crippen MR) is 61.4 cm³/mol. The molecule has 0 heterocycles. The third-order valence-electron chi connectivity index (χ3n) is 2.18. The van der Waals surface area contributed by atoms with Gasteiger partial charge in [0.25, 0.3) is 0 Å². The van der Waals surface area contributed by atoms with Gasteiger partial charge < -0.3 is 14.7 Å². The number of nitriles is 1. The van der Waals surface area contributed by atoms with Crippen molar-refractivity contribution in [3.63, 3.8) is 0 Å². The van der Waals surface area contributed by atoms with Gasteiger partial charge >= 0.3 is 0 Å². The lowest BCUT2D eigenvalue weighted by molar-refractivity contribution is 0.349. The molecule has 0 fully saturated rings. The maximum Gasteiger partial charge on any atom is 0.164 e. The van der Waals surface area contributed by atoms with Crippen molar-refractivity contribution >= 4 is 0 Å². The molecule has 0 saturated heterocycles. The fraction of sp³-hybridized carbons (Fsp3) is 0.417. The first-order valence-corrected chi connectivity index (χ1v) is 4.99. The second-order valence-electron chi connectivity index (χ2n) is 3.88. The minimum absolute atomic E-state index is 0.0899. The summed E-state index contributed by atoms with van der Waals surface area (Å²) in [5.74, 6) is 0.572. The minimum atomic E-state index is 0.0899. The summed E-state index contributed by atoms with van der Waals surface area (Å²) in [5, 5.41) is 18.4. The summed E-state index contributed by atoms with van der Waals surface area (Å²) >= 11 is 0. The number of rotatable bonds is 4. The van der Waals surface area contributed by atoms with E-state index in [0.717, 1.165) is 11.1 Å². The lowest BCUT2D eigenvalue weighted by atomic mass is 10.1. The Morgan fingerprint density at radius 3 is 2.62 bits per heavy atom. The van der Waals surface area contributed by atoms with Crippen molar-refractivity contribution in [3.05, 3.63) is 23.3 Å². The highest BCUT2D eigenvalue weighted by Crippen LogP contribution is 2.32. The molecule has 0 radical (unpaired) electrons. The number of methoxy groups -OCH3 is 1. The molecule has 0 atom stereocenters. The normalized spacial score (nSPS) is 10.2. The summed E-state index contributed by atoms with van der Waals surface area (Å²) in [6.45, 7) is 0.663. The third-order valence-corrected chi connectivity index (χ3v) is 2.18. The van der Waals surface area contributed by atoms with E-state index >= 15 is 0 Å². The fourth-order valence-electron chi connectivity index (χ4n) is 1.62. The molecule has 0 saturated carbocycles. The summed E-state index contributed by atoms with van der Waals surface area (Å²) < 4.78 is 5.15. The van der Waals surface area contributed by atoms with Gasteiger partial charge in [-0.3, -0.25) is 0 Å². The molecule has 0 unspecified atom stereocenters. The molecule has 0 spiro atoms. The van der Waals surface area contributed by atoms with Crippen LogP contribution in [0.2, 0.25) is 0 Å². The molecule has 1 aromatic carbocycles. The molecule has 0 amide bonds. The van der Waals surface area contributed by atoms with Crippen LogP contribution in [0.15, 0.2) is 12.1 Å². The second-order valence-corrected chi connectivity index (χ2v) is 3.88. The zero-order valence-electron chi connectivity index (χ0n) is 9.82. The molecular formula is C12H16N2O2. The average Bonchev–Trinajstić information content (AvgIpc) is 2.16. The van der Waals surface area contributed by atoms with E-state index < -0.39 is 0 Å². The van der Waals surface area contributed by atoms with E-state index in [1.165, 1.54) is 7.11 Å². The van der Waals surface area contributed by atoms with Crippen LogP contribution in [0.4, 0.5) is 0 Å². The van der Waals surface area contributed by atoms with E-state index in [0.29, 0.717) is 12.3 Å². The lowest BCUT2D eigenvalue weighted by Crippen LogP contribution is -2.12. The van der Waals surface area contributed by atoms with E-state index in [2.05, 4.69) is 6.07 Å². The Labute approximate surface area is 95.7 Å². The SMILES string of the molecule is COc1c(O)cc(CC#N)cc1CN(C)C. The van der Waals surface area contributed by atoms with Crippen molar-refractivity contribution in [2.24, 2.45) is 0 Å². The Hall–Kier alpha value is -1.73. The molecule has 1 rings (SSSR count). The molecule has 0 aliphatic carbocycles. The first-order valence-electron chi connectivity index (χ1n) is 4.99. The Kier molecular flexibility index (Phi) is 4.15. The summed E-state index contributed by atoms with van der Waals surface area (Å²) in [4.78, 5) is 1.98. The molecule has 0 aromatic heterocycles. The highest BCUT2D eigenvalue weighted by molar-refractivity contribution is 5.49. The van der Waals surface area contributed by atoms with E-state index in [9.17, 15) is 5.11 Å². The first kappa shape index (κ1) is 12.3. The summed E-state index contributed by atoms with van der Waals surface area (Å²) in [7, 11) is 5.40. The highest BCUT2D eigenvalue weighted by atomic mass is 16.5. The molecular weight excluding hydrogens is 204 g/mol. The van der Waals surface area contributed by atoms with Gasteiger partial charge in [0.2, 0.25) is 0 Å². The van der Waals surface area contributed by atoms with Crippen LogP contribution in [-0.2, 0) is 13.0 Å². The Bertz CT molecular complexity index is 408. The fourth-order valence-corrected chi connectivity index (χ4v) is 1.62. The zero-order chi connectivity index (χ0) is 12.1. The van der Waals surface area contributed by atoms with E-state index in [4.69, 9.17) is 10.00 Å². The molecule has 86 valence electrons. The molecule has 1 N–H and O–H groups in total. The van der Waals surface area contributed by atoms with Crippen LogP contribution in [0, 0.1) is 11.3 Å². The Morgan fingerprint density at radius 2 is 2.12 bits per heavy atom. The number of nitrogens with zero attached hydrogens (tertiary/aromatic N) is 2. The van der Waals surface area contributed by atoms with Crippen LogP contribution in [0.5, 0.6) is 11.5 Å². The van der Waals surface area contributed by atoms with Gasteiger partial charge in [-0.1, -0.05) is 0 Å². The van der Waals surface area contributed by atoms with Crippen LogP contribution < -0.4 is 4.74 Å². The zero-order valence-corrected chi connectivity index (χ0v) is 9.82. The number of aromatic hydroxyl groups is 1. The number of benzene rings is 1. The van der Waals surface area contributed by atoms with E-state index in [-0.39, 0.29) is 12.2 Å². The van der Waals surface area contributed by atoms with Gasteiger partial charge in [-0.05, 0) is 31.8 Å². The van der Waals surface area contributed by atoms with Crippen LogP contribution in [0.3, 0.4) is 0 Å². The molecule has 0 bridgehead atoms. The first-order chi connectivity index (χ1) is 7.58. The molecule has 0 aliphatic heterocycles. The smallest absolute Gasteiger partial charge is 0.164 e. The minimum Gasteiger partial charge on any atom is -0.504 e. The predicted octanol–water partition coefficient (Wildman–Crippen LogP) is 1.53. The molecule has 0 aliphatic rings. The van der Waals surface area contributed by atoms with Crippen LogP contribution >= 0.6 is 0 Å². The molecule has 16 heavy (non-hydrogen) atoms. The van der Waals surface area contributed by atoms with Gasteiger partial charge in [-0.15, -0.1) is 0 Å². The number of ether oxygens (including phenoxy) is 1. The number of hydrogen-bond acceptors (Lipinski definition) is 4. The topological polar surface area (TPSA) is 56.5 Å². The molecule has 1 aromatic rings. The largest absolute Gasteiger partial charge is 0.504 e. The number of hydrogen-bond donors (Lipinski definition) is 1. The van der Waals surface area contributed by atoms with Gasteiger partial charge in [-0.25, -0.2) is 0 Å². The highest BCUT2D eigenvalue weighted by Gasteiger charge is 2.11. The monoisotopic (exact) mass is 220 g/mol. The van der Waals surface area contributed by atoms with Crippen LogP contribution in [0.1, 0.15) is 11.1 Å². The van der Waals surface area contributed by atoms with Gasteiger partial charge in [0, 0.05) is 12.1 Å². The van der Waals surface area contributed by atoms with Gasteiger partial charge in [-0.2, -0.15) is 5.26 Å². The van der Waals surface area contributed by atoms with Crippen molar-refractivity contribution in [1.29, 1.82) is 5.26 Å². The van der Waals surface area contributed by atoms with Crippen molar-refractivity contribution < 1.29 is 9.84 Å². The Morgan fingerprint density at radius 1 is 1.44 bits per heavy atom. The van der Waals surface area contributed by atoms with Crippen molar-refractivity contribution in [2.75, 3.05) is 21.2 Å². The van der Waals surface area contributed by atoms with Crippen LogP contribution in [-0.4, -0.2) is 31.2 Å².